The third kappa shape index (κ3) is 3.19. The van der Waals surface area contributed by atoms with E-state index in [1.54, 1.807) is 24.4 Å². The average molecular weight is 401 g/mol. The van der Waals surface area contributed by atoms with E-state index in [4.69, 9.17) is 9.15 Å². The molecule has 0 saturated heterocycles. The van der Waals surface area contributed by atoms with Crippen molar-refractivity contribution in [2.24, 2.45) is 4.99 Å². The molecule has 2 rings (SSSR count). The standard InChI is InChI=1S/C14H11Br2NO3/c1-8-10(14(18)19-2)4-3-5-12(8)17-7-9-6-11(15)13(16)20-9/h3-7H,1-2H3. The number of methoxy groups -OCH3 is 1. The monoisotopic (exact) mass is 399 g/mol. The highest BCUT2D eigenvalue weighted by Gasteiger charge is 2.11. The summed E-state index contributed by atoms with van der Waals surface area (Å²) in [5.41, 5.74) is 1.96. The van der Waals surface area contributed by atoms with Crippen LogP contribution in [0.15, 0.2) is 42.8 Å². The van der Waals surface area contributed by atoms with Crippen LogP contribution in [0.25, 0.3) is 0 Å². The largest absolute Gasteiger partial charge is 0.465 e. The van der Waals surface area contributed by atoms with Gasteiger partial charge in [-0.2, -0.15) is 0 Å². The first-order valence-electron chi connectivity index (χ1n) is 5.69. The highest BCUT2D eigenvalue weighted by Crippen LogP contribution is 2.27. The molecule has 0 amide bonds. The molecule has 4 nitrogen and oxygen atoms in total. The molecule has 0 saturated carbocycles. The number of ether oxygens (including phenoxy) is 1. The number of nitrogens with zero attached hydrogens (tertiary/aromatic N) is 1. The van der Waals surface area contributed by atoms with Crippen molar-refractivity contribution < 1.29 is 13.9 Å². The van der Waals surface area contributed by atoms with Crippen LogP contribution < -0.4 is 0 Å². The van der Waals surface area contributed by atoms with Gasteiger partial charge in [-0.05, 0) is 56.5 Å². The zero-order valence-electron chi connectivity index (χ0n) is 10.8. The lowest BCUT2D eigenvalue weighted by atomic mass is 10.1. The van der Waals surface area contributed by atoms with Crippen LogP contribution in [0.2, 0.25) is 0 Å². The number of hydrogen-bond donors (Lipinski definition) is 0. The summed E-state index contributed by atoms with van der Waals surface area (Å²) >= 11 is 6.59. The van der Waals surface area contributed by atoms with Gasteiger partial charge < -0.3 is 9.15 Å². The number of benzene rings is 1. The molecule has 0 N–H and O–H groups in total. The van der Waals surface area contributed by atoms with Crippen molar-refractivity contribution in [3.05, 3.63) is 50.3 Å². The SMILES string of the molecule is COC(=O)c1cccc(N=Cc2cc(Br)c(Br)o2)c1C. The van der Waals surface area contributed by atoms with Crippen LogP contribution in [0.4, 0.5) is 5.69 Å². The molecule has 104 valence electrons. The zero-order valence-corrected chi connectivity index (χ0v) is 14.0. The van der Waals surface area contributed by atoms with Gasteiger partial charge >= 0.3 is 5.97 Å². The van der Waals surface area contributed by atoms with Gasteiger partial charge in [0.2, 0.25) is 0 Å². The molecule has 0 bridgehead atoms. The van der Waals surface area contributed by atoms with Crippen LogP contribution >= 0.6 is 31.9 Å². The Hall–Kier alpha value is -1.40. The van der Waals surface area contributed by atoms with E-state index in [1.807, 2.05) is 13.0 Å². The maximum absolute atomic E-state index is 11.6. The predicted octanol–water partition coefficient (Wildman–Crippen LogP) is 4.65. The fourth-order valence-electron chi connectivity index (χ4n) is 1.65. The van der Waals surface area contributed by atoms with Gasteiger partial charge in [-0.1, -0.05) is 6.07 Å². The summed E-state index contributed by atoms with van der Waals surface area (Å²) in [6.07, 6.45) is 1.60. The fraction of sp³-hybridized carbons (Fsp3) is 0.143. The molecule has 0 aliphatic rings. The van der Waals surface area contributed by atoms with Gasteiger partial charge in [0.1, 0.15) is 5.76 Å². The molecule has 20 heavy (non-hydrogen) atoms. The number of aliphatic imine (C=N–C) groups is 1. The van der Waals surface area contributed by atoms with Crippen molar-refractivity contribution in [2.45, 2.75) is 6.92 Å². The van der Waals surface area contributed by atoms with Gasteiger partial charge in [0.25, 0.3) is 0 Å². The topological polar surface area (TPSA) is 51.8 Å². The minimum absolute atomic E-state index is 0.372. The zero-order chi connectivity index (χ0) is 14.7. The second-order valence-electron chi connectivity index (χ2n) is 3.97. The second-order valence-corrected chi connectivity index (χ2v) is 5.54. The number of esters is 1. The summed E-state index contributed by atoms with van der Waals surface area (Å²) in [6.45, 7) is 1.83. The normalized spacial score (nSPS) is 11.0. The second kappa shape index (κ2) is 6.37. The lowest BCUT2D eigenvalue weighted by Gasteiger charge is -2.05. The van der Waals surface area contributed by atoms with Crippen molar-refractivity contribution in [3.8, 4) is 0 Å². The highest BCUT2D eigenvalue weighted by molar-refractivity contribution is 9.13. The third-order valence-electron chi connectivity index (χ3n) is 2.71. The van der Waals surface area contributed by atoms with E-state index in [-0.39, 0.29) is 5.97 Å². The van der Waals surface area contributed by atoms with Gasteiger partial charge in [-0.25, -0.2) is 4.79 Å². The molecule has 1 aromatic heterocycles. The molecular weight excluding hydrogens is 390 g/mol. The quantitative estimate of drug-likeness (QED) is 0.556. The van der Waals surface area contributed by atoms with Crippen LogP contribution in [-0.2, 0) is 4.74 Å². The van der Waals surface area contributed by atoms with E-state index in [1.165, 1.54) is 7.11 Å². The highest BCUT2D eigenvalue weighted by atomic mass is 79.9. The minimum atomic E-state index is -0.372. The number of carbonyl (C=O) groups is 1. The molecular formula is C14H11Br2NO3. The van der Waals surface area contributed by atoms with E-state index in [0.29, 0.717) is 21.7 Å². The van der Waals surface area contributed by atoms with Crippen LogP contribution in [0.1, 0.15) is 21.7 Å². The van der Waals surface area contributed by atoms with E-state index >= 15 is 0 Å². The van der Waals surface area contributed by atoms with Crippen molar-refractivity contribution >= 4 is 49.7 Å². The first-order chi connectivity index (χ1) is 9.52. The van der Waals surface area contributed by atoms with Crippen LogP contribution in [-0.4, -0.2) is 19.3 Å². The lowest BCUT2D eigenvalue weighted by molar-refractivity contribution is 0.0600. The first kappa shape index (κ1) is 15.0. The van der Waals surface area contributed by atoms with Crippen LogP contribution in [0.5, 0.6) is 0 Å². The van der Waals surface area contributed by atoms with Crippen molar-refractivity contribution in [2.75, 3.05) is 7.11 Å². The van der Waals surface area contributed by atoms with E-state index in [0.717, 1.165) is 10.0 Å². The van der Waals surface area contributed by atoms with Gasteiger partial charge in [0, 0.05) is 6.07 Å². The Bertz CT molecular complexity index is 658. The molecule has 0 atom stereocenters. The smallest absolute Gasteiger partial charge is 0.338 e. The Morgan fingerprint density at radius 2 is 2.15 bits per heavy atom. The van der Waals surface area contributed by atoms with Crippen LogP contribution in [0.3, 0.4) is 0 Å². The van der Waals surface area contributed by atoms with E-state index in [9.17, 15) is 4.79 Å². The molecule has 1 heterocycles. The Morgan fingerprint density at radius 1 is 1.40 bits per heavy atom. The molecule has 0 aliphatic carbocycles. The lowest BCUT2D eigenvalue weighted by Crippen LogP contribution is -2.03. The van der Waals surface area contributed by atoms with Gasteiger partial charge in [-0.15, -0.1) is 0 Å². The Balaban J connectivity index is 2.32. The number of carbonyl (C=O) groups excluding carboxylic acids is 1. The number of halogens is 2. The van der Waals surface area contributed by atoms with Gasteiger partial charge in [-0.3, -0.25) is 4.99 Å². The number of hydrogen-bond acceptors (Lipinski definition) is 4. The van der Waals surface area contributed by atoms with Gasteiger partial charge in [0.05, 0.1) is 29.0 Å². The summed E-state index contributed by atoms with van der Waals surface area (Å²) in [7, 11) is 1.36. The molecule has 0 spiro atoms. The van der Waals surface area contributed by atoms with Crippen molar-refractivity contribution in [1.29, 1.82) is 0 Å². The van der Waals surface area contributed by atoms with Gasteiger partial charge in [0.15, 0.2) is 4.67 Å². The molecule has 6 heteroatoms. The summed E-state index contributed by atoms with van der Waals surface area (Å²) in [6, 6.07) is 7.10. The average Bonchev–Trinajstić information content (AvgIpc) is 2.76. The summed E-state index contributed by atoms with van der Waals surface area (Å²) in [5, 5.41) is 0. The summed E-state index contributed by atoms with van der Waals surface area (Å²) < 4.78 is 11.6. The Kier molecular flexibility index (Phi) is 4.77. The minimum Gasteiger partial charge on any atom is -0.465 e. The Labute approximate surface area is 133 Å². The molecule has 0 fully saturated rings. The third-order valence-corrected chi connectivity index (χ3v) is 4.42. The summed E-state index contributed by atoms with van der Waals surface area (Å²) in [4.78, 5) is 15.9. The van der Waals surface area contributed by atoms with E-state index < -0.39 is 0 Å². The predicted molar refractivity (Wildman–Crippen MR) is 83.9 cm³/mol. The summed E-state index contributed by atoms with van der Waals surface area (Å²) in [5.74, 6) is 0.231. The fourth-order valence-corrected chi connectivity index (χ4v) is 2.26. The molecule has 1 aromatic carbocycles. The van der Waals surface area contributed by atoms with Crippen molar-refractivity contribution in [1.82, 2.24) is 0 Å². The molecule has 0 aliphatic heterocycles. The van der Waals surface area contributed by atoms with Crippen molar-refractivity contribution in [3.63, 3.8) is 0 Å². The Morgan fingerprint density at radius 3 is 2.75 bits per heavy atom. The van der Waals surface area contributed by atoms with E-state index in [2.05, 4.69) is 36.9 Å². The maximum atomic E-state index is 11.6. The molecule has 0 unspecified atom stereocenters. The first-order valence-corrected chi connectivity index (χ1v) is 7.28. The molecule has 2 aromatic rings. The molecule has 0 radical (unpaired) electrons. The maximum Gasteiger partial charge on any atom is 0.338 e. The number of rotatable bonds is 3. The number of furan rings is 1. The van der Waals surface area contributed by atoms with Crippen LogP contribution in [0, 0.1) is 6.92 Å².